The number of benzene rings is 1. The van der Waals surface area contributed by atoms with Crippen LogP contribution in [0.4, 0.5) is 20.2 Å². The number of hydrogen-bond acceptors (Lipinski definition) is 8. The molecule has 11 nitrogen and oxygen atoms in total. The summed E-state index contributed by atoms with van der Waals surface area (Å²) >= 11 is 0. The monoisotopic (exact) mass is 656 g/mol. The summed E-state index contributed by atoms with van der Waals surface area (Å²) in [5.74, 6) is -3.25. The summed E-state index contributed by atoms with van der Waals surface area (Å²) in [6, 6.07) is 4.74. The first-order valence-electron chi connectivity index (χ1n) is 15.8. The van der Waals surface area contributed by atoms with E-state index in [1.54, 1.807) is 22.1 Å². The fourth-order valence-corrected chi connectivity index (χ4v) is 7.04. The molecule has 1 aromatic carbocycles. The van der Waals surface area contributed by atoms with Gasteiger partial charge >= 0.3 is 0 Å². The van der Waals surface area contributed by atoms with Crippen LogP contribution in [-0.2, 0) is 14.3 Å². The van der Waals surface area contributed by atoms with Crippen LogP contribution in [-0.4, -0.2) is 80.8 Å². The third kappa shape index (κ3) is 4.59. The molecule has 0 bridgehead atoms. The Balaban J connectivity index is 1.63. The zero-order valence-corrected chi connectivity index (χ0v) is 26.9. The second kappa shape index (κ2) is 11.5. The number of nitrogens with zero attached hydrogens (tertiary/aromatic N) is 6. The minimum absolute atomic E-state index is 0.00837. The number of anilines is 2. The molecule has 2 amide bonds. The van der Waals surface area contributed by atoms with Gasteiger partial charge in [0.15, 0.2) is 11.5 Å². The Labute approximate surface area is 274 Å². The van der Waals surface area contributed by atoms with E-state index in [0.29, 0.717) is 16.9 Å². The highest BCUT2D eigenvalue weighted by Crippen LogP contribution is 2.45. The summed E-state index contributed by atoms with van der Waals surface area (Å²) in [6.45, 7) is 11.6. The first-order chi connectivity index (χ1) is 22.9. The van der Waals surface area contributed by atoms with Crippen molar-refractivity contribution in [1.29, 1.82) is 0 Å². The summed E-state index contributed by atoms with van der Waals surface area (Å²) in [7, 11) is 0. The predicted octanol–water partition coefficient (Wildman–Crippen LogP) is 4.20. The molecule has 0 spiro atoms. The van der Waals surface area contributed by atoms with Crippen molar-refractivity contribution in [1.82, 2.24) is 19.4 Å². The maximum absolute atomic E-state index is 16.4. The quantitative estimate of drug-likeness (QED) is 0.318. The SMILES string of the molecule is C=CC(=O)N1CC2C(=O)N(C3COC3)c3c(c4cc(F)c(-c5c(O)cccc5F)nc4n(-c4c(C)ccnc4C(C)C)c3=O)N2CC1C. The molecule has 2 unspecified atom stereocenters. The van der Waals surface area contributed by atoms with E-state index >= 15 is 13.6 Å². The average Bonchev–Trinajstić information content (AvgIpc) is 3.02. The van der Waals surface area contributed by atoms with E-state index in [4.69, 9.17) is 4.74 Å². The van der Waals surface area contributed by atoms with E-state index in [2.05, 4.69) is 16.5 Å². The molecule has 2 atom stereocenters. The summed E-state index contributed by atoms with van der Waals surface area (Å²) in [6.07, 6.45) is 2.83. The van der Waals surface area contributed by atoms with Crippen LogP contribution < -0.4 is 15.4 Å². The Bertz CT molecular complexity index is 2070. The second-order valence-electron chi connectivity index (χ2n) is 12.8. The van der Waals surface area contributed by atoms with Crippen molar-refractivity contribution in [2.45, 2.75) is 51.7 Å². The van der Waals surface area contributed by atoms with Crippen molar-refractivity contribution in [3.05, 3.63) is 82.4 Å². The van der Waals surface area contributed by atoms with Crippen molar-refractivity contribution in [2.75, 3.05) is 36.1 Å². The number of fused-ring (bicyclic) bond motifs is 5. The van der Waals surface area contributed by atoms with Gasteiger partial charge in [-0.15, -0.1) is 0 Å². The van der Waals surface area contributed by atoms with Crippen LogP contribution in [0.2, 0.25) is 0 Å². The van der Waals surface area contributed by atoms with Gasteiger partial charge in [-0.3, -0.25) is 28.8 Å². The van der Waals surface area contributed by atoms with Crippen LogP contribution >= 0.6 is 0 Å². The third-order valence-electron chi connectivity index (χ3n) is 9.44. The predicted molar refractivity (Wildman–Crippen MR) is 176 cm³/mol. The molecule has 0 radical (unpaired) electrons. The summed E-state index contributed by atoms with van der Waals surface area (Å²) in [4.78, 5) is 56.3. The minimum Gasteiger partial charge on any atom is -0.507 e. The lowest BCUT2D eigenvalue weighted by atomic mass is 9.96. The third-order valence-corrected chi connectivity index (χ3v) is 9.44. The lowest BCUT2D eigenvalue weighted by Gasteiger charge is -2.52. The Morgan fingerprint density at radius 1 is 1.10 bits per heavy atom. The van der Waals surface area contributed by atoms with Crippen molar-refractivity contribution >= 4 is 34.2 Å². The van der Waals surface area contributed by atoms with Crippen LogP contribution in [0.15, 0.2) is 54.0 Å². The van der Waals surface area contributed by atoms with Gasteiger partial charge in [-0.05, 0) is 55.7 Å². The van der Waals surface area contributed by atoms with Crippen LogP contribution in [0.5, 0.6) is 5.75 Å². The summed E-state index contributed by atoms with van der Waals surface area (Å²) in [5, 5.41) is 10.8. The Morgan fingerprint density at radius 3 is 2.50 bits per heavy atom. The standard InChI is InChI=1S/C35H34F2N6O5/c1-6-26(45)40-14-24-34(46)42(20-15-48-16-20)32-31(41(24)13-19(40)5)21-12-23(37)29(27-22(36)8-7-9-25(27)44)39-33(21)43(35(32)47)30-18(4)10-11-38-28(30)17(2)3/h6-12,17,19-20,24,44H,1,13-16H2,2-5H3. The molecule has 3 aliphatic rings. The number of aromatic hydroxyl groups is 1. The number of aryl methyl sites for hydroxylation is 1. The second-order valence-corrected chi connectivity index (χ2v) is 12.8. The topological polar surface area (TPSA) is 121 Å². The highest BCUT2D eigenvalue weighted by atomic mass is 19.1. The zero-order valence-electron chi connectivity index (χ0n) is 26.9. The van der Waals surface area contributed by atoms with E-state index < -0.39 is 52.3 Å². The molecular weight excluding hydrogens is 622 g/mol. The highest BCUT2D eigenvalue weighted by molar-refractivity contribution is 6.12. The molecule has 248 valence electrons. The Kier molecular flexibility index (Phi) is 7.54. The molecule has 2 saturated heterocycles. The van der Waals surface area contributed by atoms with E-state index in [1.165, 1.54) is 33.7 Å². The number of amides is 2. The van der Waals surface area contributed by atoms with Gasteiger partial charge in [-0.1, -0.05) is 26.5 Å². The lowest BCUT2D eigenvalue weighted by molar-refractivity contribution is -0.131. The van der Waals surface area contributed by atoms with E-state index in [9.17, 15) is 14.7 Å². The largest absolute Gasteiger partial charge is 0.507 e. The van der Waals surface area contributed by atoms with Gasteiger partial charge in [-0.25, -0.2) is 13.8 Å². The minimum atomic E-state index is -0.942. The van der Waals surface area contributed by atoms with Crippen LogP contribution in [0.3, 0.4) is 0 Å². The lowest BCUT2D eigenvalue weighted by Crippen LogP contribution is -2.69. The van der Waals surface area contributed by atoms with Crippen molar-refractivity contribution < 1.29 is 28.2 Å². The molecule has 6 heterocycles. The molecule has 13 heteroatoms. The molecule has 3 aromatic heterocycles. The van der Waals surface area contributed by atoms with Crippen LogP contribution in [0.1, 0.15) is 37.9 Å². The number of aromatic nitrogens is 3. The molecule has 3 aliphatic heterocycles. The molecule has 0 saturated carbocycles. The first-order valence-corrected chi connectivity index (χ1v) is 15.8. The van der Waals surface area contributed by atoms with Gasteiger partial charge in [0, 0.05) is 24.2 Å². The van der Waals surface area contributed by atoms with E-state index in [1.807, 2.05) is 27.7 Å². The highest BCUT2D eigenvalue weighted by Gasteiger charge is 2.50. The van der Waals surface area contributed by atoms with Gasteiger partial charge in [-0.2, -0.15) is 0 Å². The van der Waals surface area contributed by atoms with Crippen molar-refractivity contribution in [3.63, 3.8) is 0 Å². The number of hydrogen-bond donors (Lipinski definition) is 1. The molecular formula is C35H34F2N6O5. The van der Waals surface area contributed by atoms with Crippen LogP contribution in [0, 0.1) is 18.6 Å². The number of halogens is 2. The molecule has 48 heavy (non-hydrogen) atoms. The number of carbonyl (C=O) groups is 2. The fraction of sp³-hybridized carbons (Fsp3) is 0.343. The summed E-state index contributed by atoms with van der Waals surface area (Å²) < 4.78 is 38.4. The first kappa shape index (κ1) is 31.4. The van der Waals surface area contributed by atoms with E-state index in [0.717, 1.165) is 6.07 Å². The van der Waals surface area contributed by atoms with Gasteiger partial charge in [0.05, 0.1) is 48.4 Å². The number of ether oxygens (including phenoxy) is 1. The Morgan fingerprint density at radius 2 is 1.85 bits per heavy atom. The molecule has 1 N–H and O–H groups in total. The number of piperazine rings is 1. The maximum Gasteiger partial charge on any atom is 0.283 e. The zero-order chi connectivity index (χ0) is 34.2. The fourth-order valence-electron chi connectivity index (χ4n) is 7.04. The summed E-state index contributed by atoms with van der Waals surface area (Å²) in [5.41, 5.74) is 0.401. The number of phenolic OH excluding ortho intramolecular Hbond substituents is 1. The molecule has 0 aliphatic carbocycles. The van der Waals surface area contributed by atoms with Gasteiger partial charge < -0.3 is 19.6 Å². The van der Waals surface area contributed by atoms with E-state index in [-0.39, 0.29) is 66.4 Å². The number of pyridine rings is 3. The van der Waals surface area contributed by atoms with Crippen molar-refractivity contribution in [2.24, 2.45) is 0 Å². The molecule has 7 rings (SSSR count). The average molecular weight is 657 g/mol. The van der Waals surface area contributed by atoms with Gasteiger partial charge in [0.25, 0.3) is 11.5 Å². The smallest absolute Gasteiger partial charge is 0.283 e. The number of carbonyl (C=O) groups excluding carboxylic acids is 2. The van der Waals surface area contributed by atoms with Crippen LogP contribution in [0.25, 0.3) is 28.0 Å². The normalized spacial score (nSPS) is 19.4. The van der Waals surface area contributed by atoms with Crippen molar-refractivity contribution in [3.8, 4) is 22.7 Å². The molecule has 4 aromatic rings. The van der Waals surface area contributed by atoms with Gasteiger partial charge in [0.1, 0.15) is 29.0 Å². The molecule has 2 fully saturated rings. The number of rotatable bonds is 5. The number of phenols is 1. The Hall–Kier alpha value is -5.17. The van der Waals surface area contributed by atoms with Gasteiger partial charge in [0.2, 0.25) is 5.91 Å². The maximum atomic E-state index is 16.4.